The summed E-state index contributed by atoms with van der Waals surface area (Å²) in [5, 5.41) is 2.90. The molecule has 1 aliphatic heterocycles. The lowest BCUT2D eigenvalue weighted by molar-refractivity contribution is -0.128. The summed E-state index contributed by atoms with van der Waals surface area (Å²) >= 11 is 0. The maximum atomic E-state index is 12.1. The fourth-order valence-corrected chi connectivity index (χ4v) is 2.87. The lowest BCUT2D eigenvalue weighted by atomic mass is 9.96. The van der Waals surface area contributed by atoms with Crippen LogP contribution in [0.2, 0.25) is 0 Å². The molecule has 0 saturated carbocycles. The normalized spacial score (nSPS) is 16.5. The number of amides is 2. The average molecular weight is 354 g/mol. The molecule has 1 saturated heterocycles. The van der Waals surface area contributed by atoms with Gasteiger partial charge in [0.05, 0.1) is 5.54 Å². The fraction of sp³-hybridized carbons (Fsp3) is 0.556. The molecule has 24 heavy (non-hydrogen) atoms. The van der Waals surface area contributed by atoms with Crippen LogP contribution in [0, 0.1) is 0 Å². The van der Waals surface area contributed by atoms with Crippen molar-refractivity contribution in [1.82, 2.24) is 10.2 Å². The molecule has 134 valence electrons. The zero-order valence-electron chi connectivity index (χ0n) is 14.5. The number of nitrogens with two attached hydrogens (primary N) is 1. The van der Waals surface area contributed by atoms with E-state index in [0.29, 0.717) is 25.9 Å². The predicted molar refractivity (Wildman–Crippen MR) is 97.7 cm³/mol. The molecule has 1 aromatic rings. The predicted octanol–water partition coefficient (Wildman–Crippen LogP) is 2.36. The van der Waals surface area contributed by atoms with Gasteiger partial charge in [0, 0.05) is 26.1 Å². The Morgan fingerprint density at radius 2 is 1.92 bits per heavy atom. The Morgan fingerprint density at radius 1 is 1.29 bits per heavy atom. The van der Waals surface area contributed by atoms with E-state index in [4.69, 9.17) is 5.73 Å². The number of likely N-dealkylation sites (tertiary alicyclic amines) is 1. The molecule has 1 aliphatic rings. The molecule has 1 aromatic carbocycles. The lowest BCUT2D eigenvalue weighted by Crippen LogP contribution is -2.51. The third-order valence-corrected chi connectivity index (χ3v) is 4.31. The van der Waals surface area contributed by atoms with Crippen molar-refractivity contribution in [2.45, 2.75) is 58.2 Å². The van der Waals surface area contributed by atoms with Gasteiger partial charge in [0.2, 0.25) is 11.8 Å². The van der Waals surface area contributed by atoms with E-state index < -0.39 is 5.54 Å². The number of halogens is 1. The van der Waals surface area contributed by atoms with Crippen molar-refractivity contribution in [3.63, 3.8) is 0 Å². The summed E-state index contributed by atoms with van der Waals surface area (Å²) in [5.74, 6) is 0.116. The van der Waals surface area contributed by atoms with Gasteiger partial charge in [-0.25, -0.2) is 0 Å². The summed E-state index contributed by atoms with van der Waals surface area (Å²) in [4.78, 5) is 25.6. The smallest absolute Gasteiger partial charge is 0.240 e. The first-order valence-corrected chi connectivity index (χ1v) is 8.35. The molecule has 1 atom stereocenters. The van der Waals surface area contributed by atoms with E-state index in [-0.39, 0.29) is 24.2 Å². The zero-order valence-corrected chi connectivity index (χ0v) is 15.3. The highest BCUT2D eigenvalue weighted by Gasteiger charge is 2.26. The average Bonchev–Trinajstić information content (AvgIpc) is 2.91. The first-order chi connectivity index (χ1) is 10.9. The van der Waals surface area contributed by atoms with Crippen LogP contribution in [0.4, 0.5) is 0 Å². The summed E-state index contributed by atoms with van der Waals surface area (Å²) in [6.07, 6.45) is 3.17. The van der Waals surface area contributed by atoms with Crippen molar-refractivity contribution in [2.75, 3.05) is 6.54 Å². The first-order valence-electron chi connectivity index (χ1n) is 8.35. The Labute approximate surface area is 150 Å². The molecule has 0 spiro atoms. The Balaban J connectivity index is 0.00000288. The van der Waals surface area contributed by atoms with Crippen molar-refractivity contribution in [2.24, 2.45) is 5.73 Å². The van der Waals surface area contributed by atoms with Crippen LogP contribution >= 0.6 is 12.4 Å². The Hall–Kier alpha value is -1.59. The topological polar surface area (TPSA) is 75.4 Å². The maximum absolute atomic E-state index is 12.1. The maximum Gasteiger partial charge on any atom is 0.240 e. The van der Waals surface area contributed by atoms with Crippen LogP contribution in [0.1, 0.15) is 50.7 Å². The van der Waals surface area contributed by atoms with Crippen LogP contribution in [0.25, 0.3) is 0 Å². The molecule has 2 rings (SSSR count). The van der Waals surface area contributed by atoms with E-state index in [2.05, 4.69) is 5.32 Å². The van der Waals surface area contributed by atoms with Gasteiger partial charge < -0.3 is 16.0 Å². The first kappa shape index (κ1) is 20.5. The highest BCUT2D eigenvalue weighted by molar-refractivity contribution is 5.85. The standard InChI is InChI=1S/C18H27N3O2.ClH/c1-3-10-18(2,19)17(23)20-12-14-6-8-15(9-7-14)13-21-11-4-5-16(21)22;/h6-9H,3-5,10-13,19H2,1-2H3,(H,20,23);1H. The van der Waals surface area contributed by atoms with Crippen LogP contribution in [0.5, 0.6) is 0 Å². The van der Waals surface area contributed by atoms with E-state index in [0.717, 1.165) is 30.5 Å². The molecule has 3 N–H and O–H groups in total. The minimum atomic E-state index is -0.815. The van der Waals surface area contributed by atoms with Gasteiger partial charge in [0.25, 0.3) is 0 Å². The van der Waals surface area contributed by atoms with Crippen LogP contribution in [0.15, 0.2) is 24.3 Å². The number of nitrogens with one attached hydrogen (secondary N) is 1. The highest BCUT2D eigenvalue weighted by Crippen LogP contribution is 2.15. The van der Waals surface area contributed by atoms with Gasteiger partial charge in [0.1, 0.15) is 0 Å². The molecule has 0 aliphatic carbocycles. The van der Waals surface area contributed by atoms with Crippen molar-refractivity contribution >= 4 is 24.2 Å². The Kier molecular flexibility index (Phi) is 7.70. The molecular formula is C18H28ClN3O2. The number of nitrogens with zero attached hydrogens (tertiary/aromatic N) is 1. The van der Waals surface area contributed by atoms with E-state index in [1.807, 2.05) is 36.1 Å². The largest absolute Gasteiger partial charge is 0.350 e. The third kappa shape index (κ3) is 5.49. The molecule has 2 amide bonds. The van der Waals surface area contributed by atoms with Gasteiger partial charge >= 0.3 is 0 Å². The molecular weight excluding hydrogens is 326 g/mol. The van der Waals surface area contributed by atoms with Crippen molar-refractivity contribution < 1.29 is 9.59 Å². The second-order valence-electron chi connectivity index (χ2n) is 6.59. The lowest BCUT2D eigenvalue weighted by Gasteiger charge is -2.22. The molecule has 1 heterocycles. The molecule has 1 unspecified atom stereocenters. The zero-order chi connectivity index (χ0) is 16.9. The molecule has 5 nitrogen and oxygen atoms in total. The van der Waals surface area contributed by atoms with E-state index in [1.165, 1.54) is 0 Å². The third-order valence-electron chi connectivity index (χ3n) is 4.31. The SMILES string of the molecule is CCCC(C)(N)C(=O)NCc1ccc(CN2CCCC2=O)cc1.Cl. The summed E-state index contributed by atoms with van der Waals surface area (Å²) in [5.41, 5.74) is 7.34. The minimum absolute atomic E-state index is 0. The Morgan fingerprint density at radius 3 is 2.46 bits per heavy atom. The van der Waals surface area contributed by atoms with Gasteiger partial charge in [-0.05, 0) is 30.9 Å². The number of hydrogen-bond acceptors (Lipinski definition) is 3. The Bertz CT molecular complexity index is 558. The molecule has 6 heteroatoms. The summed E-state index contributed by atoms with van der Waals surface area (Å²) in [6.45, 7) is 5.77. The van der Waals surface area contributed by atoms with Gasteiger partial charge in [0.15, 0.2) is 0 Å². The van der Waals surface area contributed by atoms with Gasteiger partial charge in [-0.15, -0.1) is 12.4 Å². The van der Waals surface area contributed by atoms with Gasteiger partial charge in [-0.2, -0.15) is 0 Å². The van der Waals surface area contributed by atoms with Crippen LogP contribution in [-0.4, -0.2) is 28.8 Å². The summed E-state index contributed by atoms with van der Waals surface area (Å²) < 4.78 is 0. The van der Waals surface area contributed by atoms with Gasteiger partial charge in [-0.3, -0.25) is 9.59 Å². The quantitative estimate of drug-likeness (QED) is 0.790. The number of benzene rings is 1. The van der Waals surface area contributed by atoms with E-state index in [1.54, 1.807) is 6.92 Å². The highest BCUT2D eigenvalue weighted by atomic mass is 35.5. The van der Waals surface area contributed by atoms with E-state index >= 15 is 0 Å². The van der Waals surface area contributed by atoms with Crippen LogP contribution < -0.4 is 11.1 Å². The summed E-state index contributed by atoms with van der Waals surface area (Å²) in [7, 11) is 0. The second kappa shape index (κ2) is 9.04. The van der Waals surface area contributed by atoms with Crippen molar-refractivity contribution in [1.29, 1.82) is 0 Å². The number of carbonyl (C=O) groups excluding carboxylic acids is 2. The van der Waals surface area contributed by atoms with Crippen molar-refractivity contribution in [3.8, 4) is 0 Å². The number of carbonyl (C=O) groups is 2. The van der Waals surface area contributed by atoms with Crippen LogP contribution in [0.3, 0.4) is 0 Å². The molecule has 0 bridgehead atoms. The second-order valence-corrected chi connectivity index (χ2v) is 6.59. The fourth-order valence-electron chi connectivity index (χ4n) is 2.87. The number of rotatable bonds is 7. The van der Waals surface area contributed by atoms with Crippen molar-refractivity contribution in [3.05, 3.63) is 35.4 Å². The van der Waals surface area contributed by atoms with Gasteiger partial charge in [-0.1, -0.05) is 37.6 Å². The minimum Gasteiger partial charge on any atom is -0.350 e. The van der Waals surface area contributed by atoms with E-state index in [9.17, 15) is 9.59 Å². The van der Waals surface area contributed by atoms with Crippen LogP contribution in [-0.2, 0) is 22.7 Å². The monoisotopic (exact) mass is 353 g/mol. The molecule has 0 radical (unpaired) electrons. The number of hydrogen-bond donors (Lipinski definition) is 2. The molecule has 1 fully saturated rings. The summed E-state index contributed by atoms with van der Waals surface area (Å²) in [6, 6.07) is 8.01. The molecule has 0 aromatic heterocycles.